The minimum Gasteiger partial charge on any atom is -0.495 e. The zero-order valence-electron chi connectivity index (χ0n) is 16.7. The summed E-state index contributed by atoms with van der Waals surface area (Å²) in [5, 5.41) is 11.9. The molecule has 0 aliphatic heterocycles. The van der Waals surface area contributed by atoms with Gasteiger partial charge in [-0.05, 0) is 44.0 Å². The number of nitrogens with one attached hydrogen (secondary N) is 1. The lowest BCUT2D eigenvalue weighted by Crippen LogP contribution is -2.23. The molecule has 3 aromatic rings. The topological polar surface area (TPSA) is 69.0 Å². The van der Waals surface area contributed by atoms with Gasteiger partial charge in [0.1, 0.15) is 5.75 Å². The maximum Gasteiger partial charge on any atom is 0.237 e. The second-order valence-electron chi connectivity index (χ2n) is 6.63. The van der Waals surface area contributed by atoms with E-state index in [4.69, 9.17) is 4.74 Å². The number of carbonyl (C=O) groups excluding carboxylic acids is 1. The van der Waals surface area contributed by atoms with Gasteiger partial charge in [0.15, 0.2) is 11.0 Å². The quantitative estimate of drug-likeness (QED) is 0.632. The molecule has 3 rings (SSSR count). The molecule has 0 saturated heterocycles. The van der Waals surface area contributed by atoms with Gasteiger partial charge in [-0.2, -0.15) is 0 Å². The highest BCUT2D eigenvalue weighted by Gasteiger charge is 2.21. The highest BCUT2D eigenvalue weighted by Crippen LogP contribution is 2.29. The largest absolute Gasteiger partial charge is 0.495 e. The molecule has 2 aromatic carbocycles. The summed E-state index contributed by atoms with van der Waals surface area (Å²) in [6.45, 7) is 5.87. The molecule has 28 heavy (non-hydrogen) atoms. The first-order valence-corrected chi connectivity index (χ1v) is 9.86. The van der Waals surface area contributed by atoms with Crippen LogP contribution in [0.1, 0.15) is 18.1 Å². The lowest BCUT2D eigenvalue weighted by molar-refractivity contribution is -0.115. The van der Waals surface area contributed by atoms with E-state index in [1.54, 1.807) is 7.11 Å². The van der Waals surface area contributed by atoms with Gasteiger partial charge in [-0.1, -0.05) is 42.1 Å². The lowest BCUT2D eigenvalue weighted by Gasteiger charge is -2.14. The van der Waals surface area contributed by atoms with Gasteiger partial charge < -0.3 is 14.6 Å². The molecule has 1 N–H and O–H groups in total. The van der Waals surface area contributed by atoms with E-state index in [1.165, 1.54) is 11.8 Å². The third-order valence-electron chi connectivity index (χ3n) is 4.49. The van der Waals surface area contributed by atoms with E-state index in [0.29, 0.717) is 16.6 Å². The number of ether oxygens (including phenoxy) is 1. The Labute approximate surface area is 169 Å². The maximum absolute atomic E-state index is 12.7. The summed E-state index contributed by atoms with van der Waals surface area (Å²) in [6, 6.07) is 13.7. The molecule has 0 spiro atoms. The molecule has 6 nitrogen and oxygen atoms in total. The maximum atomic E-state index is 12.7. The van der Waals surface area contributed by atoms with Crippen LogP contribution in [0.25, 0.3) is 11.4 Å². The Morgan fingerprint density at radius 3 is 2.64 bits per heavy atom. The Balaban J connectivity index is 1.75. The number of carbonyl (C=O) groups is 1. The van der Waals surface area contributed by atoms with Gasteiger partial charge in [-0.3, -0.25) is 4.79 Å². The molecule has 7 heteroatoms. The molecule has 1 aromatic heterocycles. The summed E-state index contributed by atoms with van der Waals surface area (Å²) in [4.78, 5) is 12.7. The summed E-state index contributed by atoms with van der Waals surface area (Å²) >= 11 is 1.37. The predicted octanol–water partition coefficient (Wildman–Crippen LogP) is 4.23. The van der Waals surface area contributed by atoms with Crippen molar-refractivity contribution in [3.05, 3.63) is 53.6 Å². The number of aromatic nitrogens is 3. The lowest BCUT2D eigenvalue weighted by atomic mass is 10.1. The molecule has 0 saturated carbocycles. The van der Waals surface area contributed by atoms with Crippen LogP contribution in [0.5, 0.6) is 5.75 Å². The number of methoxy groups -OCH3 is 1. The van der Waals surface area contributed by atoms with Crippen molar-refractivity contribution in [2.24, 2.45) is 7.05 Å². The summed E-state index contributed by atoms with van der Waals surface area (Å²) < 4.78 is 7.25. The number of nitrogens with zero attached hydrogens (tertiary/aromatic N) is 3. The molecule has 0 aliphatic carbocycles. The van der Waals surface area contributed by atoms with Gasteiger partial charge in [-0.25, -0.2) is 0 Å². The van der Waals surface area contributed by atoms with Crippen LogP contribution in [0.2, 0.25) is 0 Å². The van der Waals surface area contributed by atoms with Crippen molar-refractivity contribution in [1.29, 1.82) is 0 Å². The predicted molar refractivity (Wildman–Crippen MR) is 113 cm³/mol. The van der Waals surface area contributed by atoms with Gasteiger partial charge >= 0.3 is 0 Å². The molecule has 0 radical (unpaired) electrons. The van der Waals surface area contributed by atoms with Crippen LogP contribution < -0.4 is 10.1 Å². The fraction of sp³-hybridized carbons (Fsp3) is 0.286. The van der Waals surface area contributed by atoms with Crippen molar-refractivity contribution >= 4 is 23.4 Å². The zero-order valence-corrected chi connectivity index (χ0v) is 17.5. The summed E-state index contributed by atoms with van der Waals surface area (Å²) in [5.74, 6) is 1.31. The highest BCUT2D eigenvalue weighted by atomic mass is 32.2. The highest BCUT2D eigenvalue weighted by molar-refractivity contribution is 8.00. The Morgan fingerprint density at radius 1 is 1.18 bits per heavy atom. The van der Waals surface area contributed by atoms with Crippen LogP contribution in [0.15, 0.2) is 47.6 Å². The summed E-state index contributed by atoms with van der Waals surface area (Å²) in [5.41, 5.74) is 3.88. The number of hydrogen-bond acceptors (Lipinski definition) is 5. The van der Waals surface area contributed by atoms with E-state index in [-0.39, 0.29) is 11.2 Å². The van der Waals surface area contributed by atoms with E-state index >= 15 is 0 Å². The number of thioether (sulfide) groups is 1. The molecule has 1 heterocycles. The average molecular weight is 397 g/mol. The molecule has 1 amide bonds. The Hall–Kier alpha value is -2.80. The molecular weight excluding hydrogens is 372 g/mol. The Bertz CT molecular complexity index is 1000. The van der Waals surface area contributed by atoms with Crippen LogP contribution in [-0.2, 0) is 11.8 Å². The van der Waals surface area contributed by atoms with Gasteiger partial charge in [0.25, 0.3) is 0 Å². The number of hydrogen-bond donors (Lipinski definition) is 1. The van der Waals surface area contributed by atoms with Crippen LogP contribution >= 0.6 is 11.8 Å². The van der Waals surface area contributed by atoms with E-state index < -0.39 is 0 Å². The van der Waals surface area contributed by atoms with Crippen molar-refractivity contribution in [1.82, 2.24) is 14.8 Å². The molecule has 1 atom stereocenters. The Kier molecular flexibility index (Phi) is 6.04. The number of aryl methyl sites for hydroxylation is 2. The van der Waals surface area contributed by atoms with Gasteiger partial charge in [0, 0.05) is 12.6 Å². The van der Waals surface area contributed by atoms with Crippen molar-refractivity contribution < 1.29 is 9.53 Å². The third kappa shape index (κ3) is 4.20. The van der Waals surface area contributed by atoms with E-state index in [9.17, 15) is 4.79 Å². The average Bonchev–Trinajstić information content (AvgIpc) is 3.02. The first-order chi connectivity index (χ1) is 13.4. The summed E-state index contributed by atoms with van der Waals surface area (Å²) in [6.07, 6.45) is 0. The fourth-order valence-electron chi connectivity index (χ4n) is 2.84. The molecule has 0 fully saturated rings. The molecule has 0 aliphatic rings. The monoisotopic (exact) mass is 396 g/mol. The van der Waals surface area contributed by atoms with Crippen LogP contribution in [0.3, 0.4) is 0 Å². The van der Waals surface area contributed by atoms with E-state index in [2.05, 4.69) is 15.5 Å². The summed E-state index contributed by atoms with van der Waals surface area (Å²) in [7, 11) is 3.50. The second kappa shape index (κ2) is 8.48. The SMILES string of the molecule is COc1ccc(C)cc1NC(=O)C(C)Sc1nnc(-c2ccccc2C)n1C. The van der Waals surface area contributed by atoms with Crippen molar-refractivity contribution in [2.75, 3.05) is 12.4 Å². The zero-order chi connectivity index (χ0) is 20.3. The van der Waals surface area contributed by atoms with Gasteiger partial charge in [-0.15, -0.1) is 10.2 Å². The van der Waals surface area contributed by atoms with Crippen molar-refractivity contribution in [3.8, 4) is 17.1 Å². The molecule has 1 unspecified atom stereocenters. The van der Waals surface area contributed by atoms with Gasteiger partial charge in [0.05, 0.1) is 18.0 Å². The number of amides is 1. The first kappa shape index (κ1) is 19.9. The third-order valence-corrected chi connectivity index (χ3v) is 5.62. The number of benzene rings is 2. The van der Waals surface area contributed by atoms with Gasteiger partial charge in [0.2, 0.25) is 5.91 Å². The van der Waals surface area contributed by atoms with Crippen molar-refractivity contribution in [2.45, 2.75) is 31.2 Å². The normalized spacial score (nSPS) is 11.9. The molecule has 0 bridgehead atoms. The molecule has 146 valence electrons. The van der Waals surface area contributed by atoms with Crippen LogP contribution in [0, 0.1) is 13.8 Å². The number of anilines is 1. The standard InChI is InChI=1S/C21H24N4O2S/c1-13-10-11-18(27-5)17(12-13)22-20(26)15(3)28-21-24-23-19(25(21)4)16-9-7-6-8-14(16)2/h6-12,15H,1-5H3,(H,22,26). The Morgan fingerprint density at radius 2 is 1.93 bits per heavy atom. The first-order valence-electron chi connectivity index (χ1n) is 8.98. The second-order valence-corrected chi connectivity index (χ2v) is 7.94. The van der Waals surface area contributed by atoms with E-state index in [0.717, 1.165) is 22.5 Å². The van der Waals surface area contributed by atoms with E-state index in [1.807, 2.05) is 74.9 Å². The fourth-order valence-corrected chi connectivity index (χ4v) is 3.66. The van der Waals surface area contributed by atoms with Crippen LogP contribution in [0.4, 0.5) is 5.69 Å². The minimum atomic E-state index is -0.349. The molecular formula is C21H24N4O2S. The van der Waals surface area contributed by atoms with Crippen molar-refractivity contribution in [3.63, 3.8) is 0 Å². The smallest absolute Gasteiger partial charge is 0.237 e. The number of rotatable bonds is 6. The van der Waals surface area contributed by atoms with Crippen LogP contribution in [-0.4, -0.2) is 33.0 Å². The minimum absolute atomic E-state index is 0.116.